The number of fused-ring (bicyclic) bond motifs is 9. The number of aromatic nitrogens is 2. The van der Waals surface area contributed by atoms with Gasteiger partial charge in [-0.25, -0.2) is 16.8 Å². The van der Waals surface area contributed by atoms with Gasteiger partial charge >= 0.3 is 11.0 Å². The van der Waals surface area contributed by atoms with Gasteiger partial charge in [0.2, 0.25) is 16.9 Å². The van der Waals surface area contributed by atoms with Crippen molar-refractivity contribution in [2.45, 2.75) is 75.5 Å². The summed E-state index contributed by atoms with van der Waals surface area (Å²) in [7, 11) is -12.2. The number of aryl methyl sites for hydroxylation is 6. The van der Waals surface area contributed by atoms with Crippen molar-refractivity contribution < 1.29 is 61.4 Å². The van der Waals surface area contributed by atoms with Gasteiger partial charge in [0.1, 0.15) is 13.1 Å². The Labute approximate surface area is 337 Å². The molecule has 0 N–H and O–H groups in total. The average Bonchev–Trinajstić information content (AvgIpc) is 3.48. The molecule has 6 heterocycles. The van der Waals surface area contributed by atoms with Crippen LogP contribution in [0.1, 0.15) is 59.1 Å². The van der Waals surface area contributed by atoms with E-state index in [0.717, 1.165) is 32.4 Å². The fraction of sp³-hybridized carbons (Fsp3) is 0.333. The molecule has 0 aliphatic carbocycles. The summed E-state index contributed by atoms with van der Waals surface area (Å²) < 4.78 is 123. The largest absolute Gasteiger partial charge is 0.741 e. The van der Waals surface area contributed by atoms with Crippen LogP contribution in [-0.4, -0.2) is 50.0 Å². The van der Waals surface area contributed by atoms with Gasteiger partial charge in [-0.3, -0.25) is 0 Å². The van der Waals surface area contributed by atoms with E-state index >= 15 is 0 Å². The van der Waals surface area contributed by atoms with Crippen molar-refractivity contribution in [1.29, 1.82) is 0 Å². The van der Waals surface area contributed by atoms with Crippen molar-refractivity contribution in [2.24, 2.45) is 0 Å². The molecule has 59 heavy (non-hydrogen) atoms. The van der Waals surface area contributed by atoms with Gasteiger partial charge in [0.15, 0.2) is 26.4 Å². The first kappa shape index (κ1) is 42.3. The molecule has 17 heteroatoms. The van der Waals surface area contributed by atoms with Gasteiger partial charge in [0.25, 0.3) is 0 Å². The maximum atomic E-state index is 10.7. The van der Waals surface area contributed by atoms with Crippen molar-refractivity contribution in [3.8, 4) is 22.5 Å². The van der Waals surface area contributed by atoms with Crippen LogP contribution in [0.5, 0.6) is 0 Å². The van der Waals surface area contributed by atoms with Gasteiger partial charge in [0.05, 0.1) is 16.5 Å². The summed E-state index contributed by atoms with van der Waals surface area (Å²) in [5.41, 5.74) is 6.00. The lowest BCUT2D eigenvalue weighted by Gasteiger charge is -2.37. The number of nitrogens with zero attached hydrogens (tertiary/aromatic N) is 3. The first-order chi connectivity index (χ1) is 27.8. The van der Waals surface area contributed by atoms with Gasteiger partial charge in [0, 0.05) is 55.9 Å². The van der Waals surface area contributed by atoms with E-state index in [1.54, 1.807) is 16.8 Å². The van der Waals surface area contributed by atoms with E-state index in [1.165, 1.54) is 101 Å². The predicted octanol–water partition coefficient (Wildman–Crippen LogP) is 7.61. The molecule has 9 nitrogen and oxygen atoms in total. The lowest BCUT2D eigenvalue weighted by atomic mass is 9.88. The number of halogens is 6. The standard InChI is InChI=1S/C40H39N3.2CHF3O3S/c1-2-14-35-34(13-1)31(17-16-28-25-32-11-6-22-42-23-7-12-33(26-28)40(32)42)27-37-39-30(10-8-24-43(35)37)19-18-29-9-5-21-41-20-4-3-15-36(41)38(29)39;2*2-1(3,4)8(5,6)7/h1-4,13-20,25-27H,5-12,21-24H2;2*(H,5,6,7)/q+2;;/p-2. The zero-order valence-electron chi connectivity index (χ0n) is 31.5. The van der Waals surface area contributed by atoms with E-state index in [2.05, 4.69) is 105 Å². The summed E-state index contributed by atoms with van der Waals surface area (Å²) in [6.07, 6.45) is 16.6. The van der Waals surface area contributed by atoms with Crippen LogP contribution in [0, 0.1) is 0 Å². The number of pyridine rings is 2. The van der Waals surface area contributed by atoms with Crippen molar-refractivity contribution in [3.63, 3.8) is 0 Å². The van der Waals surface area contributed by atoms with Crippen LogP contribution in [0.25, 0.3) is 45.6 Å². The molecule has 0 unspecified atom stereocenters. The number of hydrogen-bond donors (Lipinski definition) is 0. The maximum absolute atomic E-state index is 10.7. The van der Waals surface area contributed by atoms with E-state index in [4.69, 9.17) is 25.9 Å². The minimum atomic E-state index is -6.09. The SMILES string of the molecule is C(=C\c1cc2[n+](c3ccccc13)CCCc1ccc3c(c1-2)-c1cccc[n+]1CCC3)/c1cc2c3c(c1)CCCN3CCC2.O=S(=O)([O-])C(F)(F)F.O=S(=O)([O-])C(F)(F)F. The zero-order chi connectivity index (χ0) is 42.3. The fourth-order valence-electron chi connectivity index (χ4n) is 8.54. The Bertz CT molecular complexity index is 2610. The molecule has 0 saturated heterocycles. The summed E-state index contributed by atoms with van der Waals surface area (Å²) in [5.74, 6) is 0. The van der Waals surface area contributed by atoms with Crippen molar-refractivity contribution in [3.05, 3.63) is 112 Å². The third-order valence-corrected chi connectivity index (χ3v) is 12.1. The van der Waals surface area contributed by atoms with Crippen LogP contribution in [0.4, 0.5) is 32.0 Å². The van der Waals surface area contributed by atoms with Crippen LogP contribution >= 0.6 is 0 Å². The summed E-state index contributed by atoms with van der Waals surface area (Å²) in [5, 5.41) is 1.34. The molecule has 0 bridgehead atoms. The van der Waals surface area contributed by atoms with E-state index in [0.29, 0.717) is 0 Å². The molecular formula is C42H39F6N3O6S2. The van der Waals surface area contributed by atoms with Gasteiger partial charge in [-0.1, -0.05) is 36.4 Å². The summed E-state index contributed by atoms with van der Waals surface area (Å²) in [4.78, 5) is 2.64. The molecule has 0 saturated carbocycles. The van der Waals surface area contributed by atoms with E-state index in [9.17, 15) is 26.3 Å². The monoisotopic (exact) mass is 859 g/mol. The molecule has 0 radical (unpaired) electrons. The average molecular weight is 860 g/mol. The van der Waals surface area contributed by atoms with Gasteiger partial charge in [-0.2, -0.15) is 35.5 Å². The predicted molar refractivity (Wildman–Crippen MR) is 208 cm³/mol. The Morgan fingerprint density at radius 1 is 0.610 bits per heavy atom. The van der Waals surface area contributed by atoms with E-state index < -0.39 is 31.3 Å². The minimum Gasteiger partial charge on any atom is -0.741 e. The smallest absolute Gasteiger partial charge is 0.485 e. The first-order valence-corrected chi connectivity index (χ1v) is 21.9. The van der Waals surface area contributed by atoms with Crippen LogP contribution < -0.4 is 14.0 Å². The van der Waals surface area contributed by atoms with Crippen LogP contribution in [0.2, 0.25) is 0 Å². The molecular weight excluding hydrogens is 821 g/mol. The Balaban J connectivity index is 0.000000281. The summed E-state index contributed by atoms with van der Waals surface area (Å²) in [6, 6.07) is 28.1. The molecule has 0 atom stereocenters. The highest BCUT2D eigenvalue weighted by Crippen LogP contribution is 2.41. The molecule has 5 aromatic rings. The van der Waals surface area contributed by atoms with Crippen molar-refractivity contribution in [2.75, 3.05) is 18.0 Å². The molecule has 4 aliphatic heterocycles. The Hall–Kier alpha value is -4.84. The van der Waals surface area contributed by atoms with Crippen molar-refractivity contribution in [1.82, 2.24) is 0 Å². The van der Waals surface area contributed by atoms with Crippen LogP contribution in [-0.2, 0) is 59.0 Å². The number of benzene rings is 3. The zero-order valence-corrected chi connectivity index (χ0v) is 33.2. The second kappa shape index (κ2) is 16.3. The maximum Gasteiger partial charge on any atom is 0.485 e. The number of hydrogen-bond acceptors (Lipinski definition) is 7. The molecule has 2 aromatic heterocycles. The minimum absolute atomic E-state index is 1.04. The first-order valence-electron chi connectivity index (χ1n) is 19.0. The lowest BCUT2D eigenvalue weighted by Crippen LogP contribution is -2.37. The van der Waals surface area contributed by atoms with E-state index in [1.807, 2.05) is 0 Å². The number of alkyl halides is 6. The second-order valence-electron chi connectivity index (χ2n) is 14.8. The van der Waals surface area contributed by atoms with Gasteiger partial charge in [-0.05, 0) is 96.2 Å². The molecule has 9 rings (SSSR count). The number of anilines is 1. The molecule has 0 amide bonds. The van der Waals surface area contributed by atoms with Crippen molar-refractivity contribution >= 4 is 49.0 Å². The molecule has 0 spiro atoms. The molecule has 312 valence electrons. The summed E-state index contributed by atoms with van der Waals surface area (Å²) >= 11 is 0. The van der Waals surface area contributed by atoms with Crippen LogP contribution in [0.3, 0.4) is 0 Å². The Morgan fingerprint density at radius 3 is 1.73 bits per heavy atom. The quantitative estimate of drug-likeness (QED) is 0.0775. The molecule has 4 aliphatic rings. The van der Waals surface area contributed by atoms with Gasteiger partial charge in [-0.15, -0.1) is 0 Å². The Kier molecular flexibility index (Phi) is 11.7. The van der Waals surface area contributed by atoms with Crippen LogP contribution in [0.15, 0.2) is 79.0 Å². The van der Waals surface area contributed by atoms with E-state index in [-0.39, 0.29) is 0 Å². The Morgan fingerprint density at radius 2 is 1.14 bits per heavy atom. The highest BCUT2D eigenvalue weighted by molar-refractivity contribution is 7.86. The third kappa shape index (κ3) is 8.88. The highest BCUT2D eigenvalue weighted by Gasteiger charge is 2.38. The number of rotatable bonds is 2. The fourth-order valence-corrected chi connectivity index (χ4v) is 8.54. The second-order valence-corrected chi connectivity index (χ2v) is 17.5. The topological polar surface area (TPSA) is 125 Å². The normalized spacial score (nSPS) is 16.2. The third-order valence-electron chi connectivity index (χ3n) is 11.0. The lowest BCUT2D eigenvalue weighted by molar-refractivity contribution is -0.686. The molecule has 3 aromatic carbocycles. The number of para-hydroxylation sites is 1. The van der Waals surface area contributed by atoms with Gasteiger partial charge < -0.3 is 14.0 Å². The highest BCUT2D eigenvalue weighted by atomic mass is 32.2. The summed E-state index contributed by atoms with van der Waals surface area (Å²) in [6.45, 7) is 4.57. The molecule has 0 fully saturated rings.